The highest BCUT2D eigenvalue weighted by Crippen LogP contribution is 2.14. The van der Waals surface area contributed by atoms with Crippen molar-refractivity contribution in [3.8, 4) is 0 Å². The summed E-state index contributed by atoms with van der Waals surface area (Å²) in [6.45, 7) is 6.23. The van der Waals surface area contributed by atoms with E-state index in [1.807, 2.05) is 0 Å². The van der Waals surface area contributed by atoms with Gasteiger partial charge >= 0.3 is 17.9 Å². The molecule has 0 N–H and O–H groups in total. The fourth-order valence-corrected chi connectivity index (χ4v) is 8.26. The molecule has 0 aromatic rings. The molecule has 1 atom stereocenters. The number of unbranched alkanes of at least 4 members (excludes halogenated alkanes) is 14. The Balaban J connectivity index is 4.57. The second kappa shape index (κ2) is 68.7. The molecule has 0 aliphatic rings. The average Bonchev–Trinajstić information content (AvgIpc) is 3.49. The lowest BCUT2D eigenvalue weighted by atomic mass is 10.1. The van der Waals surface area contributed by atoms with Crippen LogP contribution >= 0.6 is 0 Å². The van der Waals surface area contributed by atoms with E-state index in [1.54, 1.807) is 0 Å². The summed E-state index contributed by atoms with van der Waals surface area (Å²) < 4.78 is 16.9. The van der Waals surface area contributed by atoms with Crippen LogP contribution in [0.25, 0.3) is 0 Å². The van der Waals surface area contributed by atoms with Gasteiger partial charge in [-0.3, -0.25) is 14.4 Å². The molecule has 0 heterocycles. The molecule has 0 fully saturated rings. The topological polar surface area (TPSA) is 78.9 Å². The van der Waals surface area contributed by atoms with Crippen molar-refractivity contribution in [2.24, 2.45) is 0 Å². The van der Waals surface area contributed by atoms with Crippen molar-refractivity contribution in [3.63, 3.8) is 0 Å². The monoisotopic (exact) mass is 1140 g/mol. The smallest absolute Gasteiger partial charge is 0.306 e. The van der Waals surface area contributed by atoms with Crippen molar-refractivity contribution in [3.05, 3.63) is 194 Å². The fraction of sp³-hybridized carbons (Fsp3) is 0.545. The minimum absolute atomic E-state index is 0.118. The largest absolute Gasteiger partial charge is 0.462 e. The lowest BCUT2D eigenvalue weighted by Crippen LogP contribution is -2.30. The first-order chi connectivity index (χ1) is 41.0. The van der Waals surface area contributed by atoms with Crippen LogP contribution in [0.4, 0.5) is 0 Å². The Bertz CT molecular complexity index is 1990. The van der Waals surface area contributed by atoms with Crippen molar-refractivity contribution in [2.75, 3.05) is 13.2 Å². The zero-order chi connectivity index (χ0) is 59.9. The third-order valence-electron chi connectivity index (χ3n) is 13.1. The molecular formula is C77H118O6. The maximum atomic E-state index is 13.0. The van der Waals surface area contributed by atoms with E-state index in [1.165, 1.54) is 19.3 Å². The molecule has 0 aromatic heterocycles. The highest BCUT2D eigenvalue weighted by Gasteiger charge is 2.19. The number of ether oxygens (including phenoxy) is 3. The number of rotatable bonds is 57. The van der Waals surface area contributed by atoms with Gasteiger partial charge in [-0.1, -0.05) is 267 Å². The van der Waals surface area contributed by atoms with Crippen LogP contribution in [-0.4, -0.2) is 37.2 Å². The number of carbonyl (C=O) groups excluding carboxylic acids is 3. The molecular weight excluding hydrogens is 1020 g/mol. The molecule has 6 heteroatoms. The van der Waals surface area contributed by atoms with Crippen molar-refractivity contribution in [2.45, 2.75) is 258 Å². The SMILES string of the molecule is CC/C=C\C/C=C\C/C=C\C/C=C\C/C=C\C/C=C\CCCCCCC(=O)OCC(COC(=O)CCCCC/C=C\C/C=C\C/C=C\C/C=C\C/C=C\CC)OC(=O)CCCCCCCCC/C=C\C/C=C\C/C=C\C/C=C\C/C=C\CC. The predicted octanol–water partition coefficient (Wildman–Crippen LogP) is 23.0. The summed E-state index contributed by atoms with van der Waals surface area (Å²) in [5.41, 5.74) is 0. The normalized spacial score (nSPS) is 13.4. The summed E-state index contributed by atoms with van der Waals surface area (Å²) in [4.78, 5) is 38.4. The minimum Gasteiger partial charge on any atom is -0.462 e. The van der Waals surface area contributed by atoms with Crippen molar-refractivity contribution in [1.82, 2.24) is 0 Å². The third-order valence-corrected chi connectivity index (χ3v) is 13.1. The van der Waals surface area contributed by atoms with E-state index < -0.39 is 6.10 Å². The van der Waals surface area contributed by atoms with E-state index in [-0.39, 0.29) is 31.1 Å². The molecule has 0 bridgehead atoms. The van der Waals surface area contributed by atoms with Crippen LogP contribution < -0.4 is 0 Å². The van der Waals surface area contributed by atoms with Gasteiger partial charge in [-0.15, -0.1) is 0 Å². The molecule has 0 amide bonds. The maximum Gasteiger partial charge on any atom is 0.306 e. The molecule has 0 rings (SSSR count). The molecule has 1 unspecified atom stereocenters. The van der Waals surface area contributed by atoms with E-state index in [0.717, 1.165) is 193 Å². The quantitative estimate of drug-likeness (QED) is 0.0261. The lowest BCUT2D eigenvalue weighted by Gasteiger charge is -2.18. The third kappa shape index (κ3) is 66.9. The van der Waals surface area contributed by atoms with E-state index in [4.69, 9.17) is 14.2 Å². The van der Waals surface area contributed by atoms with Gasteiger partial charge in [-0.25, -0.2) is 0 Å². The van der Waals surface area contributed by atoms with E-state index in [0.29, 0.717) is 19.3 Å². The average molecular weight is 1140 g/mol. The Labute approximate surface area is 509 Å². The van der Waals surface area contributed by atoms with Crippen LogP contribution in [0.3, 0.4) is 0 Å². The predicted molar refractivity (Wildman–Crippen MR) is 361 cm³/mol. The molecule has 6 nitrogen and oxygen atoms in total. The Morgan fingerprint density at radius 2 is 0.434 bits per heavy atom. The number of hydrogen-bond acceptors (Lipinski definition) is 6. The van der Waals surface area contributed by atoms with E-state index in [2.05, 4.69) is 215 Å². The van der Waals surface area contributed by atoms with E-state index in [9.17, 15) is 14.4 Å². The Hall–Kier alpha value is -5.75. The highest BCUT2D eigenvalue weighted by atomic mass is 16.6. The molecule has 83 heavy (non-hydrogen) atoms. The zero-order valence-electron chi connectivity index (χ0n) is 52.9. The Kier molecular flexibility index (Phi) is 64.0. The molecule has 0 spiro atoms. The molecule has 0 aromatic carbocycles. The van der Waals surface area contributed by atoms with Crippen molar-refractivity contribution >= 4 is 17.9 Å². The van der Waals surface area contributed by atoms with Gasteiger partial charge in [-0.05, 0) is 161 Å². The first kappa shape index (κ1) is 77.2. The van der Waals surface area contributed by atoms with Crippen LogP contribution in [0.2, 0.25) is 0 Å². The summed E-state index contributed by atoms with van der Waals surface area (Å²) >= 11 is 0. The number of allylic oxidation sites excluding steroid dienone is 32. The highest BCUT2D eigenvalue weighted by molar-refractivity contribution is 5.71. The van der Waals surface area contributed by atoms with Crippen molar-refractivity contribution < 1.29 is 28.6 Å². The van der Waals surface area contributed by atoms with Gasteiger partial charge in [0, 0.05) is 19.3 Å². The Morgan fingerprint density at radius 3 is 0.687 bits per heavy atom. The summed E-state index contributed by atoms with van der Waals surface area (Å²) in [6, 6.07) is 0. The standard InChI is InChI=1S/C77H118O6/c1-4-7-10-13-16-19-22-25-28-31-34-36-38-40-43-46-49-52-55-58-61-64-67-70-76(79)82-73-74(72-81-75(78)69-66-63-60-57-54-51-48-45-42-33-30-27-24-21-18-15-12-9-6-3)83-77(80)71-68-65-62-59-56-53-50-47-44-41-39-37-35-32-29-26-23-20-17-14-11-8-5-2/h7-12,16-21,25-30,34-37,40-45,49,51-52,54,74H,4-6,13-15,22-24,31-33,38-39,46-48,50,53,55-73H2,1-3H3/b10-7-,11-8-,12-9-,19-16-,20-17-,21-18-,28-25-,29-26-,30-27-,36-34-,37-35-,43-40-,44-41-,45-42-,52-49-,54-51-. The first-order valence-electron chi connectivity index (χ1n) is 32.9. The van der Waals surface area contributed by atoms with Crippen LogP contribution in [0.15, 0.2) is 194 Å². The molecule has 0 saturated heterocycles. The van der Waals surface area contributed by atoms with Crippen LogP contribution in [-0.2, 0) is 28.6 Å². The molecule has 0 aliphatic heterocycles. The van der Waals surface area contributed by atoms with Crippen LogP contribution in [0.1, 0.15) is 252 Å². The summed E-state index contributed by atoms with van der Waals surface area (Å²) in [5, 5.41) is 0. The maximum absolute atomic E-state index is 13.0. The number of esters is 3. The molecule has 0 radical (unpaired) electrons. The van der Waals surface area contributed by atoms with Gasteiger partial charge in [0.05, 0.1) is 0 Å². The van der Waals surface area contributed by atoms with Gasteiger partial charge in [0.15, 0.2) is 6.10 Å². The van der Waals surface area contributed by atoms with Crippen LogP contribution in [0.5, 0.6) is 0 Å². The second-order valence-corrected chi connectivity index (χ2v) is 20.9. The minimum atomic E-state index is -0.824. The van der Waals surface area contributed by atoms with E-state index >= 15 is 0 Å². The summed E-state index contributed by atoms with van der Waals surface area (Å²) in [5.74, 6) is -0.991. The second-order valence-electron chi connectivity index (χ2n) is 20.9. The van der Waals surface area contributed by atoms with Gasteiger partial charge in [0.1, 0.15) is 13.2 Å². The van der Waals surface area contributed by atoms with Gasteiger partial charge < -0.3 is 14.2 Å². The number of carbonyl (C=O) groups is 3. The van der Waals surface area contributed by atoms with Gasteiger partial charge in [-0.2, -0.15) is 0 Å². The van der Waals surface area contributed by atoms with Gasteiger partial charge in [0.2, 0.25) is 0 Å². The molecule has 462 valence electrons. The van der Waals surface area contributed by atoms with Crippen molar-refractivity contribution in [1.29, 1.82) is 0 Å². The zero-order valence-corrected chi connectivity index (χ0v) is 52.9. The van der Waals surface area contributed by atoms with Crippen LogP contribution in [0, 0.1) is 0 Å². The van der Waals surface area contributed by atoms with Gasteiger partial charge in [0.25, 0.3) is 0 Å². The first-order valence-corrected chi connectivity index (χ1v) is 32.9. The Morgan fingerprint density at radius 1 is 0.241 bits per heavy atom. The summed E-state index contributed by atoms with van der Waals surface area (Å²) in [6.07, 6.45) is 104. The summed E-state index contributed by atoms with van der Waals surface area (Å²) in [7, 11) is 0. The lowest BCUT2D eigenvalue weighted by molar-refractivity contribution is -0.167. The number of hydrogen-bond donors (Lipinski definition) is 0. The fourth-order valence-electron chi connectivity index (χ4n) is 8.26. The molecule has 0 aliphatic carbocycles. The molecule has 0 saturated carbocycles.